The molecule has 30 heavy (non-hydrogen) atoms. The Morgan fingerprint density at radius 2 is 1.90 bits per heavy atom. The summed E-state index contributed by atoms with van der Waals surface area (Å²) in [5, 5.41) is 0.698. The minimum atomic E-state index is 0.110. The van der Waals surface area contributed by atoms with Crippen LogP contribution in [0.1, 0.15) is 50.8 Å². The van der Waals surface area contributed by atoms with Crippen molar-refractivity contribution in [2.75, 3.05) is 25.0 Å². The van der Waals surface area contributed by atoms with Crippen LogP contribution in [0, 0.1) is 5.92 Å². The van der Waals surface area contributed by atoms with Gasteiger partial charge in [0.25, 0.3) is 0 Å². The number of benzene rings is 1. The molecule has 0 bridgehead atoms. The number of carbonyl (C=O) groups is 1. The Morgan fingerprint density at radius 3 is 2.60 bits per heavy atom. The number of piperidine rings is 1. The molecular formula is C24H31ClN4O. The van der Waals surface area contributed by atoms with Crippen molar-refractivity contribution in [3.05, 3.63) is 40.5 Å². The lowest BCUT2D eigenvalue weighted by atomic mass is 9.92. The molecule has 1 aromatic carbocycles. The molecule has 1 aromatic heterocycles. The Balaban J connectivity index is 1.60. The lowest BCUT2D eigenvalue weighted by molar-refractivity contribution is -0.136. The van der Waals surface area contributed by atoms with Crippen molar-refractivity contribution in [1.29, 1.82) is 0 Å². The summed E-state index contributed by atoms with van der Waals surface area (Å²) in [7, 11) is 1.91. The summed E-state index contributed by atoms with van der Waals surface area (Å²) in [6, 6.07) is 8.02. The normalized spacial score (nSPS) is 17.2. The van der Waals surface area contributed by atoms with Crippen LogP contribution in [0.3, 0.4) is 0 Å². The third-order valence-electron chi connectivity index (χ3n) is 6.51. The van der Waals surface area contributed by atoms with Crippen LogP contribution < -0.4 is 4.90 Å². The van der Waals surface area contributed by atoms with Gasteiger partial charge in [-0.2, -0.15) is 0 Å². The van der Waals surface area contributed by atoms with E-state index in [4.69, 9.17) is 21.6 Å². The zero-order valence-electron chi connectivity index (χ0n) is 18.2. The summed E-state index contributed by atoms with van der Waals surface area (Å²) < 4.78 is 0. The number of nitrogens with zero attached hydrogens (tertiary/aromatic N) is 4. The summed E-state index contributed by atoms with van der Waals surface area (Å²) in [6.45, 7) is 5.86. The standard InChI is InChI=1S/C24H31ClN4O/c1-16(2)28(3)24(30)17-11-13-29(14-12-17)23-20-9-4-5-10-21(20)26-22(27-23)18-7-6-8-19(25)15-18/h6-8,15-17H,4-5,9-14H2,1-3H3. The fraction of sp³-hybridized carbons (Fsp3) is 0.542. The number of anilines is 1. The van der Waals surface area contributed by atoms with Crippen LogP contribution in [0.4, 0.5) is 5.82 Å². The van der Waals surface area contributed by atoms with Crippen LogP contribution >= 0.6 is 11.6 Å². The van der Waals surface area contributed by atoms with Crippen LogP contribution in [0.5, 0.6) is 0 Å². The van der Waals surface area contributed by atoms with Gasteiger partial charge < -0.3 is 9.80 Å². The Hall–Kier alpha value is -2.14. The Kier molecular flexibility index (Phi) is 6.28. The van der Waals surface area contributed by atoms with E-state index in [-0.39, 0.29) is 17.9 Å². The van der Waals surface area contributed by atoms with Gasteiger partial charge in [0.1, 0.15) is 5.82 Å². The Morgan fingerprint density at radius 1 is 1.17 bits per heavy atom. The predicted octanol–water partition coefficient (Wildman–Crippen LogP) is 4.76. The second-order valence-electron chi connectivity index (χ2n) is 8.82. The highest BCUT2D eigenvalue weighted by Crippen LogP contribution is 2.33. The molecule has 0 atom stereocenters. The van der Waals surface area contributed by atoms with Crippen LogP contribution in [0.25, 0.3) is 11.4 Å². The molecule has 0 unspecified atom stereocenters. The molecule has 0 radical (unpaired) electrons. The van der Waals surface area contributed by atoms with Crippen molar-refractivity contribution in [1.82, 2.24) is 14.9 Å². The van der Waals surface area contributed by atoms with Gasteiger partial charge in [0.15, 0.2) is 5.82 Å². The maximum absolute atomic E-state index is 12.8. The van der Waals surface area contributed by atoms with Gasteiger partial charge in [-0.1, -0.05) is 23.7 Å². The molecule has 160 valence electrons. The summed E-state index contributed by atoms with van der Waals surface area (Å²) in [5.74, 6) is 2.20. The van der Waals surface area contributed by atoms with Crippen LogP contribution in [-0.2, 0) is 17.6 Å². The molecule has 1 saturated heterocycles. The van der Waals surface area contributed by atoms with Gasteiger partial charge in [-0.25, -0.2) is 9.97 Å². The van der Waals surface area contributed by atoms with Gasteiger partial charge >= 0.3 is 0 Å². The van der Waals surface area contributed by atoms with Gasteiger partial charge in [0.05, 0.1) is 0 Å². The number of hydrogen-bond acceptors (Lipinski definition) is 4. The summed E-state index contributed by atoms with van der Waals surface area (Å²) in [4.78, 5) is 26.9. The summed E-state index contributed by atoms with van der Waals surface area (Å²) in [6.07, 6.45) is 6.16. The first-order chi connectivity index (χ1) is 14.4. The number of carbonyl (C=O) groups excluding carboxylic acids is 1. The maximum Gasteiger partial charge on any atom is 0.225 e. The number of hydrogen-bond donors (Lipinski definition) is 0. The molecule has 0 saturated carbocycles. The van der Waals surface area contributed by atoms with Crippen molar-refractivity contribution >= 4 is 23.3 Å². The molecule has 1 aliphatic carbocycles. The second-order valence-corrected chi connectivity index (χ2v) is 9.25. The Bertz CT molecular complexity index is 921. The topological polar surface area (TPSA) is 49.3 Å². The van der Waals surface area contributed by atoms with Crippen molar-refractivity contribution in [3.63, 3.8) is 0 Å². The third-order valence-corrected chi connectivity index (χ3v) is 6.75. The predicted molar refractivity (Wildman–Crippen MR) is 122 cm³/mol. The molecule has 2 aromatic rings. The monoisotopic (exact) mass is 426 g/mol. The molecule has 2 heterocycles. The van der Waals surface area contributed by atoms with E-state index in [9.17, 15) is 4.79 Å². The van der Waals surface area contributed by atoms with E-state index in [1.807, 2.05) is 36.2 Å². The van der Waals surface area contributed by atoms with E-state index in [2.05, 4.69) is 18.7 Å². The highest BCUT2D eigenvalue weighted by molar-refractivity contribution is 6.30. The number of halogens is 1. The molecule has 1 aliphatic heterocycles. The van der Waals surface area contributed by atoms with Crippen molar-refractivity contribution < 1.29 is 4.79 Å². The summed E-state index contributed by atoms with van der Waals surface area (Å²) >= 11 is 6.22. The quantitative estimate of drug-likeness (QED) is 0.707. The van der Waals surface area contributed by atoms with Gasteiger partial charge in [-0.15, -0.1) is 0 Å². The largest absolute Gasteiger partial charge is 0.356 e. The fourth-order valence-electron chi connectivity index (χ4n) is 4.47. The van der Waals surface area contributed by atoms with Crippen LogP contribution in [-0.4, -0.2) is 47.0 Å². The molecular weight excluding hydrogens is 396 g/mol. The van der Waals surface area contributed by atoms with E-state index in [1.54, 1.807) is 0 Å². The fourth-order valence-corrected chi connectivity index (χ4v) is 4.66. The van der Waals surface area contributed by atoms with E-state index in [0.717, 1.165) is 56.0 Å². The minimum Gasteiger partial charge on any atom is -0.356 e. The molecule has 1 amide bonds. The molecule has 4 rings (SSSR count). The maximum atomic E-state index is 12.8. The van der Waals surface area contributed by atoms with Crippen LogP contribution in [0.15, 0.2) is 24.3 Å². The molecule has 2 aliphatic rings. The number of aromatic nitrogens is 2. The van der Waals surface area contributed by atoms with Crippen molar-refractivity contribution in [2.24, 2.45) is 5.92 Å². The molecule has 5 nitrogen and oxygen atoms in total. The first-order valence-electron chi connectivity index (χ1n) is 11.1. The average Bonchev–Trinajstić information content (AvgIpc) is 2.77. The number of fused-ring (bicyclic) bond motifs is 1. The van der Waals surface area contributed by atoms with Gasteiger partial charge in [0.2, 0.25) is 5.91 Å². The molecule has 6 heteroatoms. The van der Waals surface area contributed by atoms with Gasteiger partial charge in [-0.05, 0) is 64.5 Å². The first-order valence-corrected chi connectivity index (χ1v) is 11.5. The van der Waals surface area contributed by atoms with Gasteiger partial charge in [0, 0.05) is 53.9 Å². The van der Waals surface area contributed by atoms with Crippen molar-refractivity contribution in [3.8, 4) is 11.4 Å². The zero-order chi connectivity index (χ0) is 21.3. The zero-order valence-corrected chi connectivity index (χ0v) is 19.0. The first kappa shape index (κ1) is 21.1. The average molecular weight is 427 g/mol. The number of amides is 1. The highest BCUT2D eigenvalue weighted by atomic mass is 35.5. The molecule has 0 N–H and O–H groups in total. The van der Waals surface area contributed by atoms with E-state index in [0.29, 0.717) is 5.02 Å². The van der Waals surface area contributed by atoms with E-state index >= 15 is 0 Å². The Labute approximate surface area is 184 Å². The smallest absolute Gasteiger partial charge is 0.225 e. The molecule has 0 spiro atoms. The second kappa shape index (κ2) is 8.93. The number of rotatable bonds is 4. The molecule has 1 fully saturated rings. The lowest BCUT2D eigenvalue weighted by Gasteiger charge is -2.36. The summed E-state index contributed by atoms with van der Waals surface area (Å²) in [5.41, 5.74) is 3.44. The minimum absolute atomic E-state index is 0.110. The van der Waals surface area contributed by atoms with Crippen LogP contribution in [0.2, 0.25) is 5.02 Å². The number of aryl methyl sites for hydroxylation is 1. The van der Waals surface area contributed by atoms with E-state index < -0.39 is 0 Å². The highest BCUT2D eigenvalue weighted by Gasteiger charge is 2.30. The van der Waals surface area contributed by atoms with E-state index in [1.165, 1.54) is 24.1 Å². The SMILES string of the molecule is CC(C)N(C)C(=O)C1CCN(c2nc(-c3cccc(Cl)c3)nc3c2CCCC3)CC1. The third kappa shape index (κ3) is 4.31. The lowest BCUT2D eigenvalue weighted by Crippen LogP contribution is -2.44. The van der Waals surface area contributed by atoms with Crippen molar-refractivity contribution in [2.45, 2.75) is 58.4 Å². The van der Waals surface area contributed by atoms with Gasteiger partial charge in [-0.3, -0.25) is 4.79 Å².